The minimum atomic E-state index is -0.113. The standard InChI is InChI=1S/C41H28N2O2/c1-41(2)32-17-8-6-15-29(32)31-23-37-38(24-33(31)41)45-36-22-27(19-20-35(36)44-37)26-13-10-14-28(21-26)40-42-34-18-9-7-16-30(34)39(43-40)25-11-4-3-5-12-25/h3-24H,1-2H3. The predicted molar refractivity (Wildman–Crippen MR) is 180 cm³/mol. The summed E-state index contributed by atoms with van der Waals surface area (Å²) in [6.45, 7) is 4.55. The molecule has 0 amide bonds. The van der Waals surface area contributed by atoms with Crippen LogP contribution >= 0.6 is 0 Å². The number of para-hydroxylation sites is 1. The molecule has 0 atom stereocenters. The molecule has 0 unspecified atom stereocenters. The van der Waals surface area contributed by atoms with Crippen molar-refractivity contribution in [3.8, 4) is 67.9 Å². The normalized spacial score (nSPS) is 13.6. The summed E-state index contributed by atoms with van der Waals surface area (Å²) >= 11 is 0. The third kappa shape index (κ3) is 4.06. The van der Waals surface area contributed by atoms with Crippen LogP contribution in [0.2, 0.25) is 0 Å². The molecule has 1 aromatic heterocycles. The minimum Gasteiger partial charge on any atom is -0.449 e. The van der Waals surface area contributed by atoms with Gasteiger partial charge in [-0.2, -0.15) is 0 Å². The van der Waals surface area contributed by atoms with E-state index in [0.717, 1.165) is 50.3 Å². The van der Waals surface area contributed by atoms with Crippen LogP contribution in [0.1, 0.15) is 25.0 Å². The largest absolute Gasteiger partial charge is 0.449 e. The van der Waals surface area contributed by atoms with E-state index >= 15 is 0 Å². The number of nitrogens with zero attached hydrogens (tertiary/aromatic N) is 2. The predicted octanol–water partition coefficient (Wildman–Crippen LogP) is 10.8. The number of aromatic nitrogens is 2. The molecule has 0 bridgehead atoms. The van der Waals surface area contributed by atoms with E-state index in [2.05, 4.69) is 105 Å². The summed E-state index contributed by atoms with van der Waals surface area (Å²) in [5, 5.41) is 1.04. The molecular formula is C41H28N2O2. The van der Waals surface area contributed by atoms with Gasteiger partial charge < -0.3 is 9.47 Å². The Morgan fingerprint density at radius 1 is 0.467 bits per heavy atom. The number of fused-ring (bicyclic) bond motifs is 6. The van der Waals surface area contributed by atoms with E-state index in [1.165, 1.54) is 22.3 Å². The van der Waals surface area contributed by atoms with Gasteiger partial charge in [0.15, 0.2) is 28.8 Å². The lowest BCUT2D eigenvalue weighted by Crippen LogP contribution is -2.15. The molecule has 9 rings (SSSR count). The molecule has 4 nitrogen and oxygen atoms in total. The van der Waals surface area contributed by atoms with Gasteiger partial charge in [-0.1, -0.05) is 111 Å². The summed E-state index contributed by atoms with van der Waals surface area (Å²) in [6, 6.07) is 45.9. The van der Waals surface area contributed by atoms with Gasteiger partial charge in [0.2, 0.25) is 0 Å². The summed E-state index contributed by atoms with van der Waals surface area (Å²) in [6.07, 6.45) is 0. The fourth-order valence-corrected chi connectivity index (χ4v) is 6.82. The van der Waals surface area contributed by atoms with Gasteiger partial charge in [-0.15, -0.1) is 0 Å². The van der Waals surface area contributed by atoms with E-state index in [9.17, 15) is 0 Å². The van der Waals surface area contributed by atoms with Crippen LogP contribution in [0, 0.1) is 0 Å². The Bertz CT molecular complexity index is 2310. The van der Waals surface area contributed by atoms with Gasteiger partial charge in [0.1, 0.15) is 0 Å². The van der Waals surface area contributed by atoms with Crippen LogP contribution in [-0.2, 0) is 5.41 Å². The van der Waals surface area contributed by atoms with E-state index in [1.807, 2.05) is 42.5 Å². The molecule has 0 spiro atoms. The molecule has 4 heteroatoms. The van der Waals surface area contributed by atoms with Crippen molar-refractivity contribution >= 4 is 10.9 Å². The molecule has 0 saturated heterocycles. The molecule has 2 aliphatic rings. The first kappa shape index (κ1) is 25.7. The smallest absolute Gasteiger partial charge is 0.170 e. The van der Waals surface area contributed by atoms with E-state index in [-0.39, 0.29) is 5.41 Å². The highest BCUT2D eigenvalue weighted by Gasteiger charge is 2.37. The highest BCUT2D eigenvalue weighted by Crippen LogP contribution is 2.55. The topological polar surface area (TPSA) is 44.2 Å². The molecule has 0 saturated carbocycles. The Balaban J connectivity index is 1.08. The molecule has 45 heavy (non-hydrogen) atoms. The highest BCUT2D eigenvalue weighted by atomic mass is 16.6. The molecule has 1 aliphatic heterocycles. The Hall–Kier alpha value is -5.74. The van der Waals surface area contributed by atoms with Crippen LogP contribution in [0.25, 0.3) is 55.8 Å². The number of ether oxygens (including phenoxy) is 2. The SMILES string of the molecule is CC1(C)c2ccccc2-c2cc3c(cc21)Oc1cc(-c2cccc(-c4nc(-c5ccccc5)c5ccccc5n4)c2)ccc1O3. The maximum atomic E-state index is 6.54. The lowest BCUT2D eigenvalue weighted by molar-refractivity contribution is 0.359. The van der Waals surface area contributed by atoms with Crippen molar-refractivity contribution in [3.05, 3.63) is 145 Å². The zero-order valence-corrected chi connectivity index (χ0v) is 24.9. The Morgan fingerprint density at radius 3 is 2.07 bits per heavy atom. The molecular weight excluding hydrogens is 552 g/mol. The van der Waals surface area contributed by atoms with Gasteiger partial charge in [-0.25, -0.2) is 9.97 Å². The molecule has 0 N–H and O–H groups in total. The first-order chi connectivity index (χ1) is 22.0. The summed E-state index contributed by atoms with van der Waals surface area (Å²) in [4.78, 5) is 10.0. The van der Waals surface area contributed by atoms with Crippen LogP contribution < -0.4 is 9.47 Å². The van der Waals surface area contributed by atoms with Gasteiger partial charge in [-0.3, -0.25) is 0 Å². The number of hydrogen-bond donors (Lipinski definition) is 0. The summed E-state index contributed by atoms with van der Waals surface area (Å²) < 4.78 is 13.0. The fourth-order valence-electron chi connectivity index (χ4n) is 6.82. The van der Waals surface area contributed by atoms with E-state index in [4.69, 9.17) is 19.4 Å². The molecule has 2 heterocycles. The number of benzene rings is 6. The third-order valence-electron chi connectivity index (χ3n) is 9.14. The van der Waals surface area contributed by atoms with Crippen LogP contribution in [0.4, 0.5) is 0 Å². The van der Waals surface area contributed by atoms with Crippen molar-refractivity contribution in [1.82, 2.24) is 9.97 Å². The van der Waals surface area contributed by atoms with Crippen LogP contribution in [0.5, 0.6) is 23.0 Å². The molecule has 7 aromatic rings. The monoisotopic (exact) mass is 580 g/mol. The van der Waals surface area contributed by atoms with E-state index < -0.39 is 0 Å². The van der Waals surface area contributed by atoms with Crippen molar-refractivity contribution in [3.63, 3.8) is 0 Å². The summed E-state index contributed by atoms with van der Waals surface area (Å²) in [5.41, 5.74) is 10.9. The van der Waals surface area contributed by atoms with Gasteiger partial charge >= 0.3 is 0 Å². The first-order valence-electron chi connectivity index (χ1n) is 15.2. The van der Waals surface area contributed by atoms with Crippen molar-refractivity contribution in [2.75, 3.05) is 0 Å². The summed E-state index contributed by atoms with van der Waals surface area (Å²) in [7, 11) is 0. The Kier molecular flexibility index (Phi) is 5.51. The van der Waals surface area contributed by atoms with E-state index in [1.54, 1.807) is 0 Å². The van der Waals surface area contributed by atoms with Crippen molar-refractivity contribution in [2.24, 2.45) is 0 Å². The van der Waals surface area contributed by atoms with Crippen LogP contribution in [0.3, 0.4) is 0 Å². The van der Waals surface area contributed by atoms with Gasteiger partial charge in [0.25, 0.3) is 0 Å². The van der Waals surface area contributed by atoms with Gasteiger partial charge in [0.05, 0.1) is 11.2 Å². The fraction of sp³-hybridized carbons (Fsp3) is 0.0732. The Morgan fingerprint density at radius 2 is 1.16 bits per heavy atom. The highest BCUT2D eigenvalue weighted by molar-refractivity contribution is 5.93. The second kappa shape index (κ2) is 9.63. The van der Waals surface area contributed by atoms with Crippen molar-refractivity contribution < 1.29 is 9.47 Å². The molecule has 214 valence electrons. The lowest BCUT2D eigenvalue weighted by Gasteiger charge is -2.25. The number of hydrogen-bond acceptors (Lipinski definition) is 4. The van der Waals surface area contributed by atoms with Crippen LogP contribution in [-0.4, -0.2) is 9.97 Å². The molecule has 6 aromatic carbocycles. The molecule has 1 aliphatic carbocycles. The van der Waals surface area contributed by atoms with Crippen molar-refractivity contribution in [2.45, 2.75) is 19.3 Å². The number of rotatable bonds is 3. The quantitative estimate of drug-likeness (QED) is 0.208. The summed E-state index contributed by atoms with van der Waals surface area (Å²) in [5.74, 6) is 3.58. The average molecular weight is 581 g/mol. The van der Waals surface area contributed by atoms with Gasteiger partial charge in [-0.05, 0) is 69.8 Å². The minimum absolute atomic E-state index is 0.113. The Labute approximate surface area is 261 Å². The maximum absolute atomic E-state index is 6.54. The first-order valence-corrected chi connectivity index (χ1v) is 15.2. The molecule has 0 radical (unpaired) electrons. The zero-order valence-electron chi connectivity index (χ0n) is 24.9. The van der Waals surface area contributed by atoms with Crippen molar-refractivity contribution in [1.29, 1.82) is 0 Å². The zero-order chi connectivity index (χ0) is 30.1. The van der Waals surface area contributed by atoms with Crippen LogP contribution in [0.15, 0.2) is 133 Å². The molecule has 0 fully saturated rings. The third-order valence-corrected chi connectivity index (χ3v) is 9.14. The lowest BCUT2D eigenvalue weighted by atomic mass is 9.82. The second-order valence-electron chi connectivity index (χ2n) is 12.2. The van der Waals surface area contributed by atoms with Gasteiger partial charge in [0, 0.05) is 21.9 Å². The second-order valence-corrected chi connectivity index (χ2v) is 12.2. The maximum Gasteiger partial charge on any atom is 0.170 e. The van der Waals surface area contributed by atoms with E-state index in [0.29, 0.717) is 17.3 Å². The average Bonchev–Trinajstić information content (AvgIpc) is 3.31.